The van der Waals surface area contributed by atoms with Crippen LogP contribution in [0.15, 0.2) is 71.5 Å². The third kappa shape index (κ3) is 6.57. The quantitative estimate of drug-likeness (QED) is 0.334. The lowest BCUT2D eigenvalue weighted by molar-refractivity contribution is -0.116. The van der Waals surface area contributed by atoms with E-state index in [0.717, 1.165) is 16.9 Å². The molecule has 35 heavy (non-hydrogen) atoms. The molecule has 0 aliphatic carbocycles. The Morgan fingerprint density at radius 2 is 1.80 bits per heavy atom. The second-order valence-corrected chi connectivity index (χ2v) is 7.53. The van der Waals surface area contributed by atoms with Crippen molar-refractivity contribution in [2.75, 3.05) is 19.0 Å². The van der Waals surface area contributed by atoms with Crippen LogP contribution in [-0.2, 0) is 17.8 Å². The number of anilines is 1. The van der Waals surface area contributed by atoms with Crippen LogP contribution in [0, 0.1) is 0 Å². The summed E-state index contributed by atoms with van der Waals surface area (Å²) in [5, 5.41) is 6.88. The molecule has 1 amide bonds. The first kappa shape index (κ1) is 23.7. The SMILES string of the molecule is CCOc1ccc(-c2noc(CCC(=O)Nc3ccc(OC)c(OCc4ccncc4)c3)n2)cc1. The van der Waals surface area contributed by atoms with Gasteiger partial charge in [0.2, 0.25) is 17.6 Å². The molecule has 2 aromatic heterocycles. The molecule has 0 atom stereocenters. The summed E-state index contributed by atoms with van der Waals surface area (Å²) in [6.45, 7) is 2.88. The number of aryl methyl sites for hydroxylation is 1. The van der Waals surface area contributed by atoms with Crippen LogP contribution in [0.25, 0.3) is 11.4 Å². The lowest BCUT2D eigenvalue weighted by atomic mass is 10.2. The molecule has 2 heterocycles. The van der Waals surface area contributed by atoms with Crippen LogP contribution in [0.1, 0.15) is 24.8 Å². The summed E-state index contributed by atoms with van der Waals surface area (Å²) in [7, 11) is 1.57. The second kappa shape index (κ2) is 11.6. The molecule has 0 spiro atoms. The van der Waals surface area contributed by atoms with Crippen LogP contribution in [0.5, 0.6) is 17.2 Å². The lowest BCUT2D eigenvalue weighted by Gasteiger charge is -2.13. The fourth-order valence-electron chi connectivity index (χ4n) is 3.29. The third-order valence-electron chi connectivity index (χ3n) is 5.05. The van der Waals surface area contributed by atoms with Crippen LogP contribution < -0.4 is 19.5 Å². The number of hydrogen-bond acceptors (Lipinski definition) is 8. The Bertz CT molecular complexity index is 1240. The van der Waals surface area contributed by atoms with Gasteiger partial charge in [0.15, 0.2) is 11.5 Å². The van der Waals surface area contributed by atoms with E-state index in [4.69, 9.17) is 18.7 Å². The molecular weight excluding hydrogens is 448 g/mol. The predicted molar refractivity (Wildman–Crippen MR) is 129 cm³/mol. The number of carbonyl (C=O) groups excluding carboxylic acids is 1. The molecule has 0 fully saturated rings. The van der Waals surface area contributed by atoms with Gasteiger partial charge in [-0.3, -0.25) is 9.78 Å². The molecule has 4 rings (SSSR count). The van der Waals surface area contributed by atoms with E-state index in [-0.39, 0.29) is 12.3 Å². The fourth-order valence-corrected chi connectivity index (χ4v) is 3.29. The maximum Gasteiger partial charge on any atom is 0.227 e. The topological polar surface area (TPSA) is 109 Å². The van der Waals surface area contributed by atoms with Crippen LogP contribution in [0.3, 0.4) is 0 Å². The first-order valence-electron chi connectivity index (χ1n) is 11.2. The normalized spacial score (nSPS) is 10.6. The monoisotopic (exact) mass is 474 g/mol. The van der Waals surface area contributed by atoms with Gasteiger partial charge in [0.25, 0.3) is 0 Å². The molecule has 0 saturated carbocycles. The number of methoxy groups -OCH3 is 1. The maximum absolute atomic E-state index is 12.5. The molecular formula is C26H26N4O5. The van der Waals surface area contributed by atoms with Crippen molar-refractivity contribution in [1.82, 2.24) is 15.1 Å². The minimum Gasteiger partial charge on any atom is -0.494 e. The fraction of sp³-hybridized carbons (Fsp3) is 0.231. The van der Waals surface area contributed by atoms with Crippen molar-refractivity contribution in [3.63, 3.8) is 0 Å². The summed E-state index contributed by atoms with van der Waals surface area (Å²) in [6.07, 6.45) is 3.91. The zero-order valence-electron chi connectivity index (χ0n) is 19.6. The van der Waals surface area contributed by atoms with Gasteiger partial charge in [-0.25, -0.2) is 0 Å². The van der Waals surface area contributed by atoms with Crippen LogP contribution in [-0.4, -0.2) is 34.7 Å². The summed E-state index contributed by atoms with van der Waals surface area (Å²) in [5.41, 5.74) is 2.38. The van der Waals surface area contributed by atoms with Crippen molar-refractivity contribution in [2.24, 2.45) is 0 Å². The molecule has 2 aromatic carbocycles. The number of rotatable bonds is 11. The zero-order valence-corrected chi connectivity index (χ0v) is 19.6. The number of carbonyl (C=O) groups is 1. The molecule has 0 radical (unpaired) electrons. The molecule has 0 bridgehead atoms. The number of amides is 1. The average molecular weight is 475 g/mol. The molecule has 0 unspecified atom stereocenters. The first-order valence-corrected chi connectivity index (χ1v) is 11.2. The van der Waals surface area contributed by atoms with Gasteiger partial charge >= 0.3 is 0 Å². The molecule has 180 valence electrons. The highest BCUT2D eigenvalue weighted by molar-refractivity contribution is 5.91. The molecule has 0 aliphatic heterocycles. The Morgan fingerprint density at radius 1 is 1.00 bits per heavy atom. The molecule has 0 aliphatic rings. The van der Waals surface area contributed by atoms with E-state index in [9.17, 15) is 4.79 Å². The minimum atomic E-state index is -0.184. The van der Waals surface area contributed by atoms with Crippen molar-refractivity contribution in [3.05, 3.63) is 78.4 Å². The Hall–Kier alpha value is -4.40. The van der Waals surface area contributed by atoms with Gasteiger partial charge in [0, 0.05) is 42.6 Å². The lowest BCUT2D eigenvalue weighted by Crippen LogP contribution is -2.12. The van der Waals surface area contributed by atoms with Gasteiger partial charge in [-0.2, -0.15) is 4.98 Å². The van der Waals surface area contributed by atoms with Crippen LogP contribution >= 0.6 is 0 Å². The number of benzene rings is 2. The Labute approximate surface area is 203 Å². The van der Waals surface area contributed by atoms with Crippen LogP contribution in [0.4, 0.5) is 5.69 Å². The van der Waals surface area contributed by atoms with Gasteiger partial charge in [-0.05, 0) is 61.0 Å². The average Bonchev–Trinajstić information content (AvgIpc) is 3.37. The van der Waals surface area contributed by atoms with E-state index in [0.29, 0.717) is 48.5 Å². The highest BCUT2D eigenvalue weighted by Gasteiger charge is 2.13. The minimum absolute atomic E-state index is 0.184. The van der Waals surface area contributed by atoms with Crippen LogP contribution in [0.2, 0.25) is 0 Å². The maximum atomic E-state index is 12.5. The number of pyridine rings is 1. The highest BCUT2D eigenvalue weighted by Crippen LogP contribution is 2.31. The van der Waals surface area contributed by atoms with E-state index in [2.05, 4.69) is 20.4 Å². The summed E-state index contributed by atoms with van der Waals surface area (Å²) >= 11 is 0. The second-order valence-electron chi connectivity index (χ2n) is 7.53. The number of aromatic nitrogens is 3. The van der Waals surface area contributed by atoms with E-state index in [1.807, 2.05) is 43.3 Å². The summed E-state index contributed by atoms with van der Waals surface area (Å²) in [6, 6.07) is 16.4. The Kier molecular flexibility index (Phi) is 7.90. The number of ether oxygens (including phenoxy) is 3. The van der Waals surface area contributed by atoms with E-state index in [1.54, 1.807) is 37.7 Å². The van der Waals surface area contributed by atoms with Crippen molar-refractivity contribution >= 4 is 11.6 Å². The number of nitrogens with one attached hydrogen (secondary N) is 1. The first-order chi connectivity index (χ1) is 17.1. The van der Waals surface area contributed by atoms with Crippen molar-refractivity contribution in [1.29, 1.82) is 0 Å². The Balaban J connectivity index is 1.32. The van der Waals surface area contributed by atoms with Crippen molar-refractivity contribution < 1.29 is 23.5 Å². The van der Waals surface area contributed by atoms with E-state index < -0.39 is 0 Å². The van der Waals surface area contributed by atoms with Crippen molar-refractivity contribution in [3.8, 4) is 28.6 Å². The third-order valence-corrected chi connectivity index (χ3v) is 5.05. The molecule has 9 nitrogen and oxygen atoms in total. The van der Waals surface area contributed by atoms with Gasteiger partial charge in [0.1, 0.15) is 12.4 Å². The smallest absolute Gasteiger partial charge is 0.227 e. The van der Waals surface area contributed by atoms with E-state index >= 15 is 0 Å². The summed E-state index contributed by atoms with van der Waals surface area (Å²) in [4.78, 5) is 20.9. The number of hydrogen-bond donors (Lipinski definition) is 1. The van der Waals surface area contributed by atoms with Gasteiger partial charge in [-0.1, -0.05) is 5.16 Å². The zero-order chi connectivity index (χ0) is 24.5. The standard InChI is InChI=1S/C26H26N4O5/c1-3-33-21-7-4-19(5-8-21)26-29-25(35-30-26)11-10-24(31)28-20-6-9-22(32-2)23(16-20)34-17-18-12-14-27-15-13-18/h4-9,12-16H,3,10-11,17H2,1-2H3,(H,28,31). The largest absolute Gasteiger partial charge is 0.494 e. The van der Waals surface area contributed by atoms with Crippen molar-refractivity contribution in [2.45, 2.75) is 26.4 Å². The predicted octanol–water partition coefficient (Wildman–Crippen LogP) is 4.69. The van der Waals surface area contributed by atoms with Gasteiger partial charge in [0.05, 0.1) is 13.7 Å². The molecule has 9 heteroatoms. The van der Waals surface area contributed by atoms with Gasteiger partial charge < -0.3 is 24.1 Å². The number of nitrogens with zero attached hydrogens (tertiary/aromatic N) is 3. The highest BCUT2D eigenvalue weighted by atomic mass is 16.5. The Morgan fingerprint density at radius 3 is 2.54 bits per heavy atom. The molecule has 0 saturated heterocycles. The summed E-state index contributed by atoms with van der Waals surface area (Å²) in [5.74, 6) is 2.55. The summed E-state index contributed by atoms with van der Waals surface area (Å²) < 4.78 is 22.0. The van der Waals surface area contributed by atoms with E-state index in [1.165, 1.54) is 0 Å². The molecule has 1 N–H and O–H groups in total. The molecule has 4 aromatic rings. The van der Waals surface area contributed by atoms with Gasteiger partial charge in [-0.15, -0.1) is 0 Å².